The molecule has 0 aliphatic rings. The Morgan fingerprint density at radius 1 is 1.26 bits per heavy atom. The topological polar surface area (TPSA) is 42.0 Å². The van der Waals surface area contributed by atoms with Gasteiger partial charge in [-0.3, -0.25) is 4.79 Å². The maximum atomic E-state index is 13.5. The van der Waals surface area contributed by atoms with Crippen molar-refractivity contribution in [2.75, 3.05) is 5.32 Å². The average molecular weight is 348 g/mol. The predicted octanol–water partition coefficient (Wildman–Crippen LogP) is 4.03. The molecule has 0 atom stereocenters. The summed E-state index contributed by atoms with van der Waals surface area (Å²) in [7, 11) is 0. The molecule has 19 heavy (non-hydrogen) atoms. The van der Waals surface area contributed by atoms with E-state index in [4.69, 9.17) is 11.6 Å². The lowest BCUT2D eigenvalue weighted by Crippen LogP contribution is -2.15. The summed E-state index contributed by atoms with van der Waals surface area (Å²) in [4.78, 5) is 15.7. The van der Waals surface area contributed by atoms with Gasteiger partial charge in [0.1, 0.15) is 17.5 Å². The first-order valence-electron chi connectivity index (χ1n) is 5.05. The van der Waals surface area contributed by atoms with E-state index in [0.717, 1.165) is 16.6 Å². The number of amides is 1. The van der Waals surface area contributed by atoms with E-state index in [1.807, 2.05) is 0 Å². The van der Waals surface area contributed by atoms with Crippen molar-refractivity contribution in [2.24, 2.45) is 0 Å². The van der Waals surface area contributed by atoms with Gasteiger partial charge in [-0.25, -0.2) is 13.8 Å². The molecule has 0 saturated carbocycles. The highest BCUT2D eigenvalue weighted by atomic mass is 79.9. The number of hydrogen-bond acceptors (Lipinski definition) is 2. The molecule has 7 heteroatoms. The van der Waals surface area contributed by atoms with E-state index in [9.17, 15) is 13.6 Å². The van der Waals surface area contributed by atoms with Gasteiger partial charge in [0.2, 0.25) is 0 Å². The van der Waals surface area contributed by atoms with Gasteiger partial charge in [0.25, 0.3) is 5.91 Å². The number of hydrogen-bond donors (Lipinski definition) is 1. The number of nitrogens with zero attached hydrogens (tertiary/aromatic N) is 1. The second-order valence-corrected chi connectivity index (χ2v) is 4.88. The first-order valence-corrected chi connectivity index (χ1v) is 6.22. The van der Waals surface area contributed by atoms with Crippen LogP contribution in [0.2, 0.25) is 5.02 Å². The Labute approximate surface area is 120 Å². The molecule has 0 fully saturated rings. The number of nitrogens with one attached hydrogen (secondary N) is 1. The summed E-state index contributed by atoms with van der Waals surface area (Å²) in [5.41, 5.74) is -0.438. The van der Waals surface area contributed by atoms with E-state index in [0.29, 0.717) is 0 Å². The molecule has 0 radical (unpaired) electrons. The van der Waals surface area contributed by atoms with Crippen LogP contribution in [0.3, 0.4) is 0 Å². The minimum Gasteiger partial charge on any atom is -0.306 e. The standard InChI is InChI=1S/C12H6BrClF2N2O/c13-6-1-2-11(17-5-6)18-12(19)7-3-10(16)8(14)4-9(7)15/h1-5H,(H,17,18,19). The van der Waals surface area contributed by atoms with E-state index in [1.54, 1.807) is 6.07 Å². The molecular formula is C12H6BrClF2N2O. The van der Waals surface area contributed by atoms with Gasteiger partial charge < -0.3 is 5.32 Å². The fourth-order valence-corrected chi connectivity index (χ4v) is 1.71. The van der Waals surface area contributed by atoms with Crippen molar-refractivity contribution in [3.05, 3.63) is 57.2 Å². The van der Waals surface area contributed by atoms with Gasteiger partial charge in [-0.1, -0.05) is 11.6 Å². The molecule has 3 nitrogen and oxygen atoms in total. The predicted molar refractivity (Wildman–Crippen MR) is 71.3 cm³/mol. The number of anilines is 1. The molecular weight excluding hydrogens is 341 g/mol. The monoisotopic (exact) mass is 346 g/mol. The number of rotatable bonds is 2. The molecule has 98 valence electrons. The Morgan fingerprint density at radius 3 is 2.63 bits per heavy atom. The van der Waals surface area contributed by atoms with Crippen molar-refractivity contribution in [3.63, 3.8) is 0 Å². The number of benzene rings is 1. The lowest BCUT2D eigenvalue weighted by atomic mass is 10.2. The van der Waals surface area contributed by atoms with Crippen LogP contribution in [0, 0.1) is 11.6 Å². The van der Waals surface area contributed by atoms with Gasteiger partial charge >= 0.3 is 0 Å². The van der Waals surface area contributed by atoms with E-state index >= 15 is 0 Å². The third-order valence-electron chi connectivity index (χ3n) is 2.22. The molecule has 1 aromatic carbocycles. The van der Waals surface area contributed by atoms with Gasteiger partial charge in [0, 0.05) is 10.7 Å². The Morgan fingerprint density at radius 2 is 2.00 bits per heavy atom. The van der Waals surface area contributed by atoms with Gasteiger partial charge in [-0.2, -0.15) is 0 Å². The fraction of sp³-hybridized carbons (Fsp3) is 0. The van der Waals surface area contributed by atoms with Crippen molar-refractivity contribution in [1.82, 2.24) is 4.98 Å². The van der Waals surface area contributed by atoms with Gasteiger partial charge in [0.15, 0.2) is 0 Å². The fourth-order valence-electron chi connectivity index (χ4n) is 1.33. The van der Waals surface area contributed by atoms with Crippen molar-refractivity contribution < 1.29 is 13.6 Å². The molecule has 2 rings (SSSR count). The molecule has 1 aromatic heterocycles. The van der Waals surface area contributed by atoms with Crippen LogP contribution in [0.5, 0.6) is 0 Å². The van der Waals surface area contributed by atoms with Crippen molar-refractivity contribution in [3.8, 4) is 0 Å². The molecule has 1 N–H and O–H groups in total. The van der Waals surface area contributed by atoms with Gasteiger partial charge in [-0.05, 0) is 40.2 Å². The van der Waals surface area contributed by atoms with Crippen LogP contribution in [-0.2, 0) is 0 Å². The summed E-state index contributed by atoms with van der Waals surface area (Å²) in [5.74, 6) is -2.34. The van der Waals surface area contributed by atoms with Gasteiger partial charge in [-0.15, -0.1) is 0 Å². The molecule has 2 aromatic rings. The highest BCUT2D eigenvalue weighted by Gasteiger charge is 2.15. The van der Waals surface area contributed by atoms with Crippen LogP contribution in [0.1, 0.15) is 10.4 Å². The third kappa shape index (κ3) is 3.27. The molecule has 0 aliphatic carbocycles. The smallest absolute Gasteiger partial charge is 0.259 e. The summed E-state index contributed by atoms with van der Waals surface area (Å²) in [6.45, 7) is 0. The second kappa shape index (κ2) is 5.63. The normalized spacial score (nSPS) is 10.3. The SMILES string of the molecule is O=C(Nc1ccc(Br)cn1)c1cc(F)c(Cl)cc1F. The zero-order chi connectivity index (χ0) is 14.0. The number of halogens is 4. The Bertz CT molecular complexity index is 634. The highest BCUT2D eigenvalue weighted by Crippen LogP contribution is 2.20. The Balaban J connectivity index is 2.25. The number of carbonyl (C=O) groups is 1. The van der Waals surface area contributed by atoms with Crippen LogP contribution >= 0.6 is 27.5 Å². The number of aromatic nitrogens is 1. The van der Waals surface area contributed by atoms with E-state index < -0.39 is 23.1 Å². The largest absolute Gasteiger partial charge is 0.306 e. The van der Waals surface area contributed by atoms with Crippen LogP contribution in [0.25, 0.3) is 0 Å². The average Bonchev–Trinajstić information content (AvgIpc) is 2.36. The van der Waals surface area contributed by atoms with E-state index in [1.165, 1.54) is 12.3 Å². The van der Waals surface area contributed by atoms with Gasteiger partial charge in [0.05, 0.1) is 10.6 Å². The van der Waals surface area contributed by atoms with Crippen molar-refractivity contribution in [1.29, 1.82) is 0 Å². The highest BCUT2D eigenvalue weighted by molar-refractivity contribution is 9.10. The summed E-state index contributed by atoms with van der Waals surface area (Å²) in [6, 6.07) is 4.67. The van der Waals surface area contributed by atoms with E-state index in [-0.39, 0.29) is 10.8 Å². The molecule has 1 amide bonds. The first-order chi connectivity index (χ1) is 8.97. The molecule has 0 bridgehead atoms. The molecule has 1 heterocycles. The summed E-state index contributed by atoms with van der Waals surface area (Å²) < 4.78 is 27.4. The van der Waals surface area contributed by atoms with Crippen LogP contribution in [0.4, 0.5) is 14.6 Å². The molecule has 0 saturated heterocycles. The first kappa shape index (κ1) is 13.9. The molecule has 0 unspecified atom stereocenters. The summed E-state index contributed by atoms with van der Waals surface area (Å²) >= 11 is 8.59. The number of carbonyl (C=O) groups excluding carboxylic acids is 1. The number of pyridine rings is 1. The quantitative estimate of drug-likeness (QED) is 0.834. The van der Waals surface area contributed by atoms with Crippen LogP contribution in [0.15, 0.2) is 34.9 Å². The maximum Gasteiger partial charge on any atom is 0.259 e. The zero-order valence-corrected chi connectivity index (χ0v) is 11.6. The lowest BCUT2D eigenvalue weighted by molar-refractivity contribution is 0.102. The minimum atomic E-state index is -0.902. The third-order valence-corrected chi connectivity index (χ3v) is 2.98. The second-order valence-electron chi connectivity index (χ2n) is 3.56. The summed E-state index contributed by atoms with van der Waals surface area (Å²) in [5, 5.41) is 1.97. The summed E-state index contributed by atoms with van der Waals surface area (Å²) in [6.07, 6.45) is 1.47. The lowest BCUT2D eigenvalue weighted by Gasteiger charge is -2.06. The zero-order valence-electron chi connectivity index (χ0n) is 9.25. The Kier molecular flexibility index (Phi) is 4.11. The Hall–Kier alpha value is -1.53. The maximum absolute atomic E-state index is 13.5. The van der Waals surface area contributed by atoms with Crippen LogP contribution in [-0.4, -0.2) is 10.9 Å². The van der Waals surface area contributed by atoms with Crippen molar-refractivity contribution >= 4 is 39.3 Å². The van der Waals surface area contributed by atoms with Crippen LogP contribution < -0.4 is 5.32 Å². The van der Waals surface area contributed by atoms with Crippen molar-refractivity contribution in [2.45, 2.75) is 0 Å². The minimum absolute atomic E-state index is 0.225. The van der Waals surface area contributed by atoms with E-state index in [2.05, 4.69) is 26.2 Å². The molecule has 0 aliphatic heterocycles. The molecule has 0 spiro atoms.